The van der Waals surface area contributed by atoms with Crippen LogP contribution in [0.5, 0.6) is 0 Å². The van der Waals surface area contributed by atoms with Gasteiger partial charge in [-0.3, -0.25) is 0 Å². The minimum absolute atomic E-state index is 1.58. The van der Waals surface area contributed by atoms with Crippen LogP contribution in [0.25, 0.3) is 0 Å². The van der Waals surface area contributed by atoms with Crippen molar-refractivity contribution in [1.29, 1.82) is 0 Å². The molecule has 0 aromatic carbocycles. The molecule has 0 heterocycles. The number of hydrogen-bond donors (Lipinski definition) is 0. The van der Waals surface area contributed by atoms with E-state index in [0.29, 0.717) is 0 Å². The monoisotopic (exact) mass is 96.1 g/mol. The molecule has 0 fully saturated rings. The summed E-state index contributed by atoms with van der Waals surface area (Å²) in [7, 11) is 0. The lowest BCUT2D eigenvalue weighted by atomic mass is 10.6. The minimum atomic E-state index is 1.58. The molecule has 2 heteroatoms. The Labute approximate surface area is 43.3 Å². The molecule has 0 aliphatic carbocycles. The highest BCUT2D eigenvalue weighted by Crippen LogP contribution is 1.65. The van der Waals surface area contributed by atoms with Gasteiger partial charge >= 0.3 is 0 Å². The van der Waals surface area contributed by atoms with Gasteiger partial charge in [0.25, 0.3) is 0 Å². The van der Waals surface area contributed by atoms with E-state index in [4.69, 9.17) is 0 Å². The summed E-state index contributed by atoms with van der Waals surface area (Å²) in [6.07, 6.45) is 5.23. The molecule has 0 amide bonds. The molecule has 0 aliphatic rings. The first-order valence-electron chi connectivity index (χ1n) is 2.02. The quantitative estimate of drug-likeness (QED) is 0.365. The molecule has 0 atom stereocenters. The smallest absolute Gasteiger partial charge is 0.0492 e. The topological polar surface area (TPSA) is 24.7 Å². The molecule has 0 aromatic heterocycles. The van der Waals surface area contributed by atoms with E-state index in [0.717, 1.165) is 0 Å². The second kappa shape index (κ2) is 5.08. The van der Waals surface area contributed by atoms with Gasteiger partial charge in [0, 0.05) is 12.9 Å². The first-order valence-corrected chi connectivity index (χ1v) is 2.02. The van der Waals surface area contributed by atoms with Crippen molar-refractivity contribution in [2.24, 2.45) is 10.2 Å². The maximum atomic E-state index is 3.46. The van der Waals surface area contributed by atoms with E-state index in [1.807, 2.05) is 13.0 Å². The third kappa shape index (κ3) is 5.08. The molecule has 7 heavy (non-hydrogen) atoms. The third-order valence-corrected chi connectivity index (χ3v) is 0.427. The molecule has 0 radical (unpaired) electrons. The van der Waals surface area contributed by atoms with Crippen molar-refractivity contribution >= 4 is 12.9 Å². The molecule has 0 aromatic rings. The zero-order valence-corrected chi connectivity index (χ0v) is 4.33. The van der Waals surface area contributed by atoms with E-state index in [-0.39, 0.29) is 0 Å². The summed E-state index contributed by atoms with van der Waals surface area (Å²) in [5.41, 5.74) is 0. The molecule has 0 saturated carbocycles. The van der Waals surface area contributed by atoms with Crippen LogP contribution < -0.4 is 0 Å². The van der Waals surface area contributed by atoms with Gasteiger partial charge < -0.3 is 0 Å². The Balaban J connectivity index is 3.27. The summed E-state index contributed by atoms with van der Waals surface area (Å²) in [5, 5.41) is 6.70. The number of allylic oxidation sites excluding steroid dienone is 2. The van der Waals surface area contributed by atoms with Crippen LogP contribution in [0.2, 0.25) is 0 Å². The SMILES string of the molecule is C=N/N=C\C=C\C. The molecule has 0 rings (SSSR count). The van der Waals surface area contributed by atoms with Crippen LogP contribution in [-0.4, -0.2) is 12.9 Å². The normalized spacial score (nSPS) is 11.0. The van der Waals surface area contributed by atoms with Crippen LogP contribution in [-0.2, 0) is 0 Å². The van der Waals surface area contributed by atoms with Crippen LogP contribution in [0.4, 0.5) is 0 Å². The second-order valence-electron chi connectivity index (χ2n) is 0.932. The molecular weight excluding hydrogens is 88.1 g/mol. The van der Waals surface area contributed by atoms with Gasteiger partial charge in [0.2, 0.25) is 0 Å². The van der Waals surface area contributed by atoms with Crippen molar-refractivity contribution in [2.75, 3.05) is 0 Å². The van der Waals surface area contributed by atoms with Gasteiger partial charge in [-0.05, 0) is 13.0 Å². The van der Waals surface area contributed by atoms with E-state index in [2.05, 4.69) is 16.9 Å². The van der Waals surface area contributed by atoms with Crippen LogP contribution in [0, 0.1) is 0 Å². The Kier molecular flexibility index (Phi) is 4.41. The molecule has 38 valence electrons. The fraction of sp³-hybridized carbons (Fsp3) is 0.200. The van der Waals surface area contributed by atoms with E-state index >= 15 is 0 Å². The molecule has 0 N–H and O–H groups in total. The average molecular weight is 96.1 g/mol. The van der Waals surface area contributed by atoms with Gasteiger partial charge in [0.1, 0.15) is 0 Å². The Morgan fingerprint density at radius 3 is 2.71 bits per heavy atom. The van der Waals surface area contributed by atoms with Crippen LogP contribution in [0.1, 0.15) is 6.92 Å². The maximum absolute atomic E-state index is 3.46. The zero-order chi connectivity index (χ0) is 5.54. The Bertz CT molecular complexity index is 92.3. The predicted molar refractivity (Wildman–Crippen MR) is 32.9 cm³/mol. The van der Waals surface area contributed by atoms with Gasteiger partial charge in [-0.1, -0.05) is 6.08 Å². The van der Waals surface area contributed by atoms with Crippen LogP contribution in [0.3, 0.4) is 0 Å². The van der Waals surface area contributed by atoms with Gasteiger partial charge in [-0.25, -0.2) is 0 Å². The summed E-state index contributed by atoms with van der Waals surface area (Å²) in [4.78, 5) is 0. The molecule has 0 spiro atoms. The maximum Gasteiger partial charge on any atom is 0.0492 e. The highest BCUT2D eigenvalue weighted by molar-refractivity contribution is 5.70. The Morgan fingerprint density at radius 2 is 2.29 bits per heavy atom. The largest absolute Gasteiger partial charge is 0.167 e. The van der Waals surface area contributed by atoms with Crippen molar-refractivity contribution < 1.29 is 0 Å². The lowest BCUT2D eigenvalue weighted by Gasteiger charge is -1.65. The Hall–Kier alpha value is -0.920. The molecule has 0 aliphatic heterocycles. The highest BCUT2D eigenvalue weighted by atomic mass is 15.2. The average Bonchev–Trinajstić information content (AvgIpc) is 1.69. The first-order chi connectivity index (χ1) is 3.41. The summed E-state index contributed by atoms with van der Waals surface area (Å²) in [6.45, 7) is 5.06. The summed E-state index contributed by atoms with van der Waals surface area (Å²) in [6, 6.07) is 0. The standard InChI is InChI=1S/C5H8N2/c1-3-4-5-7-6-2/h3-5H,2H2,1H3/b4-3+,7-5-. The van der Waals surface area contributed by atoms with Crippen molar-refractivity contribution in [3.63, 3.8) is 0 Å². The highest BCUT2D eigenvalue weighted by Gasteiger charge is 1.53. The van der Waals surface area contributed by atoms with Crippen molar-refractivity contribution in [1.82, 2.24) is 0 Å². The first kappa shape index (κ1) is 6.08. The lowest BCUT2D eigenvalue weighted by molar-refractivity contribution is 1.28. The molecular formula is C5H8N2. The van der Waals surface area contributed by atoms with Crippen molar-refractivity contribution in [3.8, 4) is 0 Å². The number of rotatable bonds is 2. The minimum Gasteiger partial charge on any atom is -0.167 e. The van der Waals surface area contributed by atoms with Crippen molar-refractivity contribution in [3.05, 3.63) is 12.2 Å². The third-order valence-electron chi connectivity index (χ3n) is 0.427. The van der Waals surface area contributed by atoms with E-state index in [9.17, 15) is 0 Å². The predicted octanol–water partition coefficient (Wildman–Crippen LogP) is 1.25. The molecule has 0 unspecified atom stereocenters. The van der Waals surface area contributed by atoms with Gasteiger partial charge in [0.05, 0.1) is 0 Å². The van der Waals surface area contributed by atoms with Crippen LogP contribution in [0.15, 0.2) is 22.4 Å². The summed E-state index contributed by atoms with van der Waals surface area (Å²) in [5.74, 6) is 0. The number of nitrogens with zero attached hydrogens (tertiary/aromatic N) is 2. The summed E-state index contributed by atoms with van der Waals surface area (Å²) >= 11 is 0. The summed E-state index contributed by atoms with van der Waals surface area (Å²) < 4.78 is 0. The number of hydrogen-bond acceptors (Lipinski definition) is 2. The van der Waals surface area contributed by atoms with Gasteiger partial charge in [-0.2, -0.15) is 10.2 Å². The van der Waals surface area contributed by atoms with E-state index in [1.54, 1.807) is 12.3 Å². The second-order valence-corrected chi connectivity index (χ2v) is 0.932. The molecule has 0 saturated heterocycles. The van der Waals surface area contributed by atoms with Gasteiger partial charge in [-0.15, -0.1) is 0 Å². The van der Waals surface area contributed by atoms with E-state index in [1.165, 1.54) is 0 Å². The molecule has 0 bridgehead atoms. The zero-order valence-electron chi connectivity index (χ0n) is 4.33. The fourth-order valence-electron chi connectivity index (χ4n) is 0.172. The van der Waals surface area contributed by atoms with Crippen molar-refractivity contribution in [2.45, 2.75) is 6.92 Å². The molecule has 2 nitrogen and oxygen atoms in total. The lowest BCUT2D eigenvalue weighted by Crippen LogP contribution is -1.56. The fourth-order valence-corrected chi connectivity index (χ4v) is 0.172. The van der Waals surface area contributed by atoms with E-state index < -0.39 is 0 Å². The van der Waals surface area contributed by atoms with Gasteiger partial charge in [0.15, 0.2) is 0 Å². The van der Waals surface area contributed by atoms with Crippen LogP contribution >= 0.6 is 0 Å². The Morgan fingerprint density at radius 1 is 1.57 bits per heavy atom.